The van der Waals surface area contributed by atoms with Crippen LogP contribution in [0.2, 0.25) is 0 Å². The van der Waals surface area contributed by atoms with Crippen LogP contribution in [0.1, 0.15) is 30.0 Å². The molecule has 0 radical (unpaired) electrons. The number of aromatic nitrogens is 1. The second kappa shape index (κ2) is 5.96. The Morgan fingerprint density at radius 3 is 3.00 bits per heavy atom. The summed E-state index contributed by atoms with van der Waals surface area (Å²) in [6.07, 6.45) is 1.55. The van der Waals surface area contributed by atoms with E-state index in [4.69, 9.17) is 5.11 Å². The van der Waals surface area contributed by atoms with Crippen LogP contribution in [0.5, 0.6) is 0 Å². The van der Waals surface area contributed by atoms with Crippen LogP contribution in [0, 0.1) is 12.3 Å². The number of aliphatic hydroxyl groups is 1. The summed E-state index contributed by atoms with van der Waals surface area (Å²) in [4.78, 5) is 32.3. The van der Waals surface area contributed by atoms with Gasteiger partial charge in [0, 0.05) is 43.3 Å². The van der Waals surface area contributed by atoms with Gasteiger partial charge >= 0.3 is 0 Å². The highest BCUT2D eigenvalue weighted by molar-refractivity contribution is 7.09. The van der Waals surface area contributed by atoms with Gasteiger partial charge in [-0.3, -0.25) is 9.59 Å². The third-order valence-electron chi connectivity index (χ3n) is 4.54. The maximum Gasteiger partial charge on any atom is 0.224 e. The number of carbonyl (C=O) groups excluding carboxylic acids is 2. The van der Waals surface area contributed by atoms with Gasteiger partial charge in [0.15, 0.2) is 0 Å². The summed E-state index contributed by atoms with van der Waals surface area (Å²) in [7, 11) is 0. The summed E-state index contributed by atoms with van der Waals surface area (Å²) in [6.45, 7) is 4.43. The largest absolute Gasteiger partial charge is 0.396 e. The van der Waals surface area contributed by atoms with Gasteiger partial charge in [0.1, 0.15) is 0 Å². The number of carbonyl (C=O) groups is 2. The van der Waals surface area contributed by atoms with Gasteiger partial charge in [-0.15, -0.1) is 11.3 Å². The van der Waals surface area contributed by atoms with Crippen molar-refractivity contribution in [2.24, 2.45) is 5.41 Å². The summed E-state index contributed by atoms with van der Waals surface area (Å²) in [5, 5.41) is 11.9. The Morgan fingerprint density at radius 1 is 1.50 bits per heavy atom. The smallest absolute Gasteiger partial charge is 0.224 e. The summed E-state index contributed by atoms with van der Waals surface area (Å²) >= 11 is 1.60. The van der Waals surface area contributed by atoms with E-state index in [9.17, 15) is 9.59 Å². The first-order chi connectivity index (χ1) is 10.5. The molecule has 0 bridgehead atoms. The third-order valence-corrected chi connectivity index (χ3v) is 5.36. The molecule has 3 heterocycles. The molecular formula is C15H21N3O3S. The van der Waals surface area contributed by atoms with Gasteiger partial charge in [-0.05, 0) is 13.3 Å². The first-order valence-corrected chi connectivity index (χ1v) is 8.47. The Balaban J connectivity index is 1.63. The number of hydrogen-bond acceptors (Lipinski definition) is 5. The molecule has 0 saturated carbocycles. The average molecular weight is 323 g/mol. The van der Waals surface area contributed by atoms with E-state index in [-0.39, 0.29) is 30.3 Å². The normalized spacial score (nSPS) is 24.7. The lowest BCUT2D eigenvalue weighted by atomic mass is 9.86. The van der Waals surface area contributed by atoms with E-state index < -0.39 is 0 Å². The van der Waals surface area contributed by atoms with Crippen molar-refractivity contribution in [1.82, 2.24) is 14.8 Å². The molecular weight excluding hydrogens is 302 g/mol. The van der Waals surface area contributed by atoms with Crippen LogP contribution in [0.3, 0.4) is 0 Å². The van der Waals surface area contributed by atoms with Crippen LogP contribution < -0.4 is 0 Å². The van der Waals surface area contributed by atoms with Gasteiger partial charge in [0.05, 0.1) is 23.9 Å². The highest BCUT2D eigenvalue weighted by Crippen LogP contribution is 2.40. The number of thiazole rings is 1. The molecule has 0 aromatic carbocycles. The van der Waals surface area contributed by atoms with Crippen LogP contribution in [-0.4, -0.2) is 57.9 Å². The molecule has 6 nitrogen and oxygen atoms in total. The number of aliphatic hydroxyl groups excluding tert-OH is 1. The first-order valence-electron chi connectivity index (χ1n) is 7.59. The van der Waals surface area contributed by atoms with E-state index >= 15 is 0 Å². The van der Waals surface area contributed by atoms with Crippen molar-refractivity contribution in [3.05, 3.63) is 16.1 Å². The molecule has 1 atom stereocenters. The van der Waals surface area contributed by atoms with Gasteiger partial charge in [-0.1, -0.05) is 0 Å². The van der Waals surface area contributed by atoms with Crippen LogP contribution in [0.15, 0.2) is 5.38 Å². The molecule has 1 spiro atoms. The van der Waals surface area contributed by atoms with E-state index in [1.807, 2.05) is 17.2 Å². The predicted octanol–water partition coefficient (Wildman–Crippen LogP) is 0.785. The van der Waals surface area contributed by atoms with Crippen LogP contribution >= 0.6 is 11.3 Å². The Kier molecular flexibility index (Phi) is 4.18. The Bertz CT molecular complexity index is 588. The van der Waals surface area contributed by atoms with Crippen molar-refractivity contribution in [3.63, 3.8) is 0 Å². The van der Waals surface area contributed by atoms with Gasteiger partial charge in [-0.2, -0.15) is 0 Å². The monoisotopic (exact) mass is 323 g/mol. The zero-order valence-electron chi connectivity index (χ0n) is 12.7. The van der Waals surface area contributed by atoms with Crippen molar-refractivity contribution in [3.8, 4) is 0 Å². The molecule has 1 aromatic rings. The zero-order valence-corrected chi connectivity index (χ0v) is 13.6. The van der Waals surface area contributed by atoms with Gasteiger partial charge in [-0.25, -0.2) is 4.98 Å². The quantitative estimate of drug-likeness (QED) is 0.889. The van der Waals surface area contributed by atoms with Crippen LogP contribution in [0.25, 0.3) is 0 Å². The summed E-state index contributed by atoms with van der Waals surface area (Å²) in [5.41, 5.74) is 0.840. The number of nitrogens with zero attached hydrogens (tertiary/aromatic N) is 3. The Labute approximate surface area is 133 Å². The SMILES string of the molecule is Cc1nc(CN2C[C@@]3(CCN(C(=O)CCO)C3)CC2=O)cs1. The number of likely N-dealkylation sites (tertiary alicyclic amines) is 2. The third kappa shape index (κ3) is 3.01. The lowest BCUT2D eigenvalue weighted by Gasteiger charge is -2.24. The molecule has 0 aliphatic carbocycles. The first kappa shape index (κ1) is 15.4. The minimum absolute atomic E-state index is 0.0135. The van der Waals surface area contributed by atoms with Crippen molar-refractivity contribution >= 4 is 23.2 Å². The van der Waals surface area contributed by atoms with Crippen LogP contribution in [-0.2, 0) is 16.1 Å². The van der Waals surface area contributed by atoms with Crippen LogP contribution in [0.4, 0.5) is 0 Å². The van der Waals surface area contributed by atoms with Crippen molar-refractivity contribution in [2.75, 3.05) is 26.2 Å². The number of rotatable bonds is 4. The standard InChI is InChI=1S/C15H21N3O3S/c1-11-16-12(8-22-11)7-18-10-15(6-14(18)21)3-4-17(9-15)13(20)2-5-19/h8,19H,2-7,9-10H2,1H3/t15-/m0/s1. The molecule has 2 aliphatic heterocycles. The molecule has 0 unspecified atom stereocenters. The molecule has 2 aliphatic rings. The average Bonchev–Trinajstić information content (AvgIpc) is 3.13. The molecule has 22 heavy (non-hydrogen) atoms. The van der Waals surface area contributed by atoms with Crippen molar-refractivity contribution in [1.29, 1.82) is 0 Å². The molecule has 120 valence electrons. The highest BCUT2D eigenvalue weighted by atomic mass is 32.1. The van der Waals surface area contributed by atoms with E-state index in [0.29, 0.717) is 32.6 Å². The maximum absolute atomic E-state index is 12.3. The second-order valence-corrected chi connectivity index (χ2v) is 7.39. The van der Waals surface area contributed by atoms with E-state index in [2.05, 4.69) is 4.98 Å². The summed E-state index contributed by atoms with van der Waals surface area (Å²) in [5.74, 6) is 0.141. The maximum atomic E-state index is 12.3. The summed E-state index contributed by atoms with van der Waals surface area (Å²) in [6, 6.07) is 0. The fourth-order valence-corrected chi connectivity index (χ4v) is 4.08. The highest BCUT2D eigenvalue weighted by Gasteiger charge is 2.48. The Hall–Kier alpha value is -1.47. The minimum Gasteiger partial charge on any atom is -0.396 e. The minimum atomic E-state index is -0.115. The number of amides is 2. The second-order valence-electron chi connectivity index (χ2n) is 6.32. The zero-order chi connectivity index (χ0) is 15.7. The van der Waals surface area contributed by atoms with Gasteiger partial charge in [0.2, 0.25) is 11.8 Å². The lowest BCUT2D eigenvalue weighted by molar-refractivity contribution is -0.131. The molecule has 2 saturated heterocycles. The van der Waals surface area contributed by atoms with Crippen molar-refractivity contribution in [2.45, 2.75) is 32.7 Å². The van der Waals surface area contributed by atoms with E-state index in [1.54, 1.807) is 16.2 Å². The lowest BCUT2D eigenvalue weighted by Crippen LogP contribution is -2.34. The van der Waals surface area contributed by atoms with E-state index in [0.717, 1.165) is 17.1 Å². The van der Waals surface area contributed by atoms with Crippen molar-refractivity contribution < 1.29 is 14.7 Å². The predicted molar refractivity (Wildman–Crippen MR) is 82.2 cm³/mol. The molecule has 2 amide bonds. The molecule has 1 N–H and O–H groups in total. The summed E-state index contributed by atoms with van der Waals surface area (Å²) < 4.78 is 0. The van der Waals surface area contributed by atoms with Gasteiger partial charge < -0.3 is 14.9 Å². The molecule has 3 rings (SSSR count). The number of aryl methyl sites for hydroxylation is 1. The molecule has 7 heteroatoms. The fraction of sp³-hybridized carbons (Fsp3) is 0.667. The van der Waals surface area contributed by atoms with E-state index in [1.165, 1.54) is 0 Å². The topological polar surface area (TPSA) is 73.7 Å². The Morgan fingerprint density at radius 2 is 2.32 bits per heavy atom. The van der Waals surface area contributed by atoms with Gasteiger partial charge in [0.25, 0.3) is 0 Å². The molecule has 1 aromatic heterocycles. The molecule has 2 fully saturated rings. The fourth-order valence-electron chi connectivity index (χ4n) is 3.48. The number of hydrogen-bond donors (Lipinski definition) is 1.